The van der Waals surface area contributed by atoms with Gasteiger partial charge in [0.05, 0.1) is 22.3 Å². The normalized spacial score (nSPS) is 21.7. The third-order valence-corrected chi connectivity index (χ3v) is 8.54. The first-order valence-electron chi connectivity index (χ1n) is 12.3. The Morgan fingerprint density at radius 3 is 2.66 bits per heavy atom. The van der Waals surface area contributed by atoms with Crippen molar-refractivity contribution in [2.24, 2.45) is 12.8 Å². The number of likely N-dealkylation sites (tertiary alicyclic amines) is 1. The Morgan fingerprint density at radius 2 is 2.03 bits per heavy atom. The number of allylic oxidation sites excluding steroid dienone is 1. The van der Waals surface area contributed by atoms with Crippen LogP contribution in [0.3, 0.4) is 0 Å². The highest BCUT2D eigenvalue weighted by atomic mass is 32.1. The first-order chi connectivity index (χ1) is 17.9. The molecule has 1 amide bonds. The number of anilines is 2. The van der Waals surface area contributed by atoms with Crippen LogP contribution in [0.2, 0.25) is 0 Å². The van der Waals surface area contributed by atoms with E-state index in [4.69, 9.17) is 11.5 Å². The average Bonchev–Trinajstić information content (AvgIpc) is 3.38. The molecule has 5 rings (SSSR count). The highest BCUT2D eigenvalue weighted by Gasteiger charge is 2.46. The smallest absolute Gasteiger partial charge is 0.397 e. The number of rotatable bonds is 6. The molecule has 2 unspecified atom stereocenters. The van der Waals surface area contributed by atoms with Gasteiger partial charge in [0.15, 0.2) is 0 Å². The number of benzene rings is 1. The van der Waals surface area contributed by atoms with E-state index in [9.17, 15) is 23.1 Å². The summed E-state index contributed by atoms with van der Waals surface area (Å²) < 4.78 is 44.1. The number of nitrogen functional groups attached to an aromatic ring is 1. The number of alkyl halides is 3. The van der Waals surface area contributed by atoms with Gasteiger partial charge in [0.1, 0.15) is 27.5 Å². The van der Waals surface area contributed by atoms with Crippen LogP contribution in [-0.4, -0.2) is 63.0 Å². The van der Waals surface area contributed by atoms with Gasteiger partial charge in [0.2, 0.25) is 0 Å². The van der Waals surface area contributed by atoms with Crippen molar-refractivity contribution < 1.29 is 23.1 Å². The summed E-state index contributed by atoms with van der Waals surface area (Å²) in [4.78, 5) is 18.1. The molecule has 0 spiro atoms. The van der Waals surface area contributed by atoms with Crippen LogP contribution in [-0.2, 0) is 7.05 Å². The molecular weight excluding hydrogens is 519 g/mol. The number of amides is 1. The van der Waals surface area contributed by atoms with Gasteiger partial charge in [-0.2, -0.15) is 13.2 Å². The number of aryl methyl sites for hydroxylation is 1. The Balaban J connectivity index is 1.26. The molecule has 1 saturated heterocycles. The summed E-state index contributed by atoms with van der Waals surface area (Å²) in [6.45, 7) is 3.03. The summed E-state index contributed by atoms with van der Waals surface area (Å²) in [5.74, 6) is -0.291. The van der Waals surface area contributed by atoms with Crippen molar-refractivity contribution >= 4 is 44.5 Å². The predicted octanol–water partition coefficient (Wildman–Crippen LogP) is 3.19. The number of hydrogen-bond donors (Lipinski definition) is 5. The first-order valence-corrected chi connectivity index (χ1v) is 13.1. The molecule has 204 valence electrons. The van der Waals surface area contributed by atoms with E-state index < -0.39 is 29.4 Å². The number of carbonyl (C=O) groups is 1. The molecule has 3 aromatic rings. The Morgan fingerprint density at radius 1 is 1.34 bits per heavy atom. The summed E-state index contributed by atoms with van der Waals surface area (Å²) in [5, 5.41) is 17.5. The molecule has 2 atom stereocenters. The topological polar surface area (TPSA) is 134 Å². The number of primary amides is 1. The van der Waals surface area contributed by atoms with E-state index in [1.807, 2.05) is 40.8 Å². The fourth-order valence-electron chi connectivity index (χ4n) is 5.38. The lowest BCUT2D eigenvalue weighted by Crippen LogP contribution is -2.57. The molecule has 2 aromatic heterocycles. The minimum absolute atomic E-state index is 0.0863. The lowest BCUT2D eigenvalue weighted by molar-refractivity contribution is -0.0698. The van der Waals surface area contributed by atoms with Crippen LogP contribution in [0.1, 0.15) is 46.9 Å². The van der Waals surface area contributed by atoms with Crippen molar-refractivity contribution in [2.75, 3.05) is 30.7 Å². The summed E-state index contributed by atoms with van der Waals surface area (Å²) in [7, 11) is 1.87. The third kappa shape index (κ3) is 4.64. The van der Waals surface area contributed by atoms with E-state index in [-0.39, 0.29) is 27.2 Å². The number of nitrogens with two attached hydrogens (primary N) is 2. The zero-order valence-electron chi connectivity index (χ0n) is 21.0. The van der Waals surface area contributed by atoms with Crippen molar-refractivity contribution in [1.82, 2.24) is 19.8 Å². The van der Waals surface area contributed by atoms with E-state index in [0.29, 0.717) is 38.3 Å². The van der Waals surface area contributed by atoms with Gasteiger partial charge >= 0.3 is 6.18 Å². The maximum Gasteiger partial charge on any atom is 0.417 e. The molecule has 9 nitrogen and oxygen atoms in total. The van der Waals surface area contributed by atoms with Crippen molar-refractivity contribution in [2.45, 2.75) is 43.8 Å². The molecular formula is C25H30F3N7O2S. The fourth-order valence-corrected chi connectivity index (χ4v) is 6.47. The number of carbonyl (C=O) groups excluding carboxylic acids is 1. The highest BCUT2D eigenvalue weighted by Crippen LogP contribution is 2.51. The van der Waals surface area contributed by atoms with Gasteiger partial charge in [-0.05, 0) is 38.0 Å². The molecule has 0 aliphatic carbocycles. The zero-order chi connectivity index (χ0) is 27.4. The minimum Gasteiger partial charge on any atom is -0.397 e. The van der Waals surface area contributed by atoms with Crippen molar-refractivity contribution in [3.05, 3.63) is 46.6 Å². The van der Waals surface area contributed by atoms with Crippen molar-refractivity contribution in [3.63, 3.8) is 0 Å². The predicted molar refractivity (Wildman–Crippen MR) is 142 cm³/mol. The van der Waals surface area contributed by atoms with Crippen LogP contribution in [0.4, 0.5) is 23.9 Å². The fraction of sp³-hybridized carbons (Fsp3) is 0.440. The van der Waals surface area contributed by atoms with E-state index >= 15 is 0 Å². The number of thiophene rings is 1. The van der Waals surface area contributed by atoms with Crippen molar-refractivity contribution in [3.8, 4) is 0 Å². The van der Waals surface area contributed by atoms with Gasteiger partial charge in [-0.15, -0.1) is 11.3 Å². The summed E-state index contributed by atoms with van der Waals surface area (Å²) in [6.07, 6.45) is -2.97. The van der Waals surface area contributed by atoms with Crippen LogP contribution in [0.5, 0.6) is 0 Å². The molecule has 0 saturated carbocycles. The van der Waals surface area contributed by atoms with Crippen LogP contribution in [0.25, 0.3) is 16.6 Å². The molecule has 1 fully saturated rings. The molecule has 0 bridgehead atoms. The van der Waals surface area contributed by atoms with Crippen LogP contribution < -0.4 is 22.1 Å². The van der Waals surface area contributed by atoms with E-state index in [0.717, 1.165) is 28.4 Å². The monoisotopic (exact) mass is 549 g/mol. The molecule has 2 aliphatic rings. The number of aromatic nitrogens is 2. The lowest BCUT2D eigenvalue weighted by Gasteiger charge is -2.46. The van der Waals surface area contributed by atoms with Crippen LogP contribution in [0.15, 0.2) is 30.3 Å². The van der Waals surface area contributed by atoms with Gasteiger partial charge in [0, 0.05) is 38.3 Å². The minimum atomic E-state index is -4.66. The number of halogens is 3. The summed E-state index contributed by atoms with van der Waals surface area (Å²) in [6, 6.07) is 7.75. The van der Waals surface area contributed by atoms with Gasteiger partial charge < -0.3 is 31.8 Å². The molecule has 1 aromatic carbocycles. The van der Waals surface area contributed by atoms with E-state index in [1.54, 1.807) is 6.92 Å². The number of aliphatic hydroxyl groups is 1. The second kappa shape index (κ2) is 9.56. The second-order valence-corrected chi connectivity index (χ2v) is 11.0. The number of fused-ring (bicyclic) bond motifs is 2. The lowest BCUT2D eigenvalue weighted by atomic mass is 9.93. The molecule has 4 heterocycles. The van der Waals surface area contributed by atoms with E-state index in [1.165, 1.54) is 0 Å². The number of imidazole rings is 1. The zero-order valence-corrected chi connectivity index (χ0v) is 21.8. The van der Waals surface area contributed by atoms with Gasteiger partial charge in [-0.1, -0.05) is 12.1 Å². The Bertz CT molecular complexity index is 1410. The Labute approximate surface area is 221 Å². The SMILES string of the molecule is Cn1c(C(O)CNC2CCN(C3(C)C=C(C(F)(F)F)c4c(sc(C(N)=O)c4N)N3)CC2)nc2ccccc21. The summed E-state index contributed by atoms with van der Waals surface area (Å²) >= 11 is 0.842. The summed E-state index contributed by atoms with van der Waals surface area (Å²) in [5.41, 5.74) is 10.5. The number of aliphatic hydroxyl groups excluding tert-OH is 1. The number of nitrogens with one attached hydrogen (secondary N) is 2. The number of nitrogens with zero attached hydrogens (tertiary/aromatic N) is 3. The van der Waals surface area contributed by atoms with Gasteiger partial charge in [0.25, 0.3) is 5.91 Å². The Kier molecular flexibility index (Phi) is 6.66. The van der Waals surface area contributed by atoms with Crippen LogP contribution >= 0.6 is 11.3 Å². The van der Waals surface area contributed by atoms with Crippen LogP contribution in [0, 0.1) is 0 Å². The first kappa shape index (κ1) is 26.5. The maximum absolute atomic E-state index is 14.1. The third-order valence-electron chi connectivity index (χ3n) is 7.41. The molecule has 0 radical (unpaired) electrons. The van der Waals surface area contributed by atoms with E-state index in [2.05, 4.69) is 15.6 Å². The quantitative estimate of drug-likeness (QED) is 0.319. The molecule has 7 N–H and O–H groups in total. The highest BCUT2D eigenvalue weighted by molar-refractivity contribution is 7.19. The molecule has 38 heavy (non-hydrogen) atoms. The Hall–Kier alpha value is -3.13. The maximum atomic E-state index is 14.1. The van der Waals surface area contributed by atoms with Gasteiger partial charge in [-0.3, -0.25) is 9.69 Å². The largest absolute Gasteiger partial charge is 0.417 e. The number of piperidine rings is 1. The van der Waals surface area contributed by atoms with Crippen molar-refractivity contribution in [1.29, 1.82) is 0 Å². The number of para-hydroxylation sites is 2. The molecule has 2 aliphatic heterocycles. The average molecular weight is 550 g/mol. The van der Waals surface area contributed by atoms with Gasteiger partial charge in [-0.25, -0.2) is 4.98 Å². The number of hydrogen-bond acceptors (Lipinski definition) is 8. The molecule has 13 heteroatoms. The standard InChI is InChI=1S/C25H30F3N7O2S/c1-24(11-14(25(26,27)28)18-19(29)20(21(30)37)38-23(18)33-24)35-9-7-13(8-10-35)31-12-17(36)22-32-15-5-3-4-6-16(15)34(22)2/h3-6,11,13,17,31,33,36H,7-10,12,29H2,1-2H3,(H2,30,37). The second-order valence-electron chi connectivity index (χ2n) is 9.94.